The summed E-state index contributed by atoms with van der Waals surface area (Å²) in [5.74, 6) is -0.736. The predicted octanol–water partition coefficient (Wildman–Crippen LogP) is -0.612. The van der Waals surface area contributed by atoms with Gasteiger partial charge in [0.1, 0.15) is 5.54 Å². The molecular formula is C6H13NO3. The molecule has 0 unspecified atom stereocenters. The Morgan fingerprint density at radius 3 is 2.50 bits per heavy atom. The third-order valence-electron chi connectivity index (χ3n) is 1.84. The van der Waals surface area contributed by atoms with Gasteiger partial charge < -0.3 is 15.9 Å². The molecule has 4 N–H and O–H groups in total. The van der Waals surface area contributed by atoms with E-state index >= 15 is 0 Å². The number of carboxylic acid groups (broad SMARTS) is 1. The maximum atomic E-state index is 10.5. The average Bonchev–Trinajstić information content (AvgIpc) is 2.16. The summed E-state index contributed by atoms with van der Waals surface area (Å²) in [6.45, 7) is 2.56. The van der Waals surface area contributed by atoms with Crippen LogP contribution in [0.5, 0.6) is 0 Å². The van der Waals surface area contributed by atoms with Crippen molar-refractivity contribution >= 4 is 5.97 Å². The normalized spacial score (nSPS) is 31.3. The summed E-state index contributed by atoms with van der Waals surface area (Å²) in [5, 5.41) is 11.5. The fourth-order valence-electron chi connectivity index (χ4n) is 1.08. The molecule has 0 saturated carbocycles. The summed E-state index contributed by atoms with van der Waals surface area (Å²) < 4.78 is 0. The molecule has 0 amide bonds. The number of hydrogen-bond acceptors (Lipinski definition) is 2. The second-order valence-electron chi connectivity index (χ2n) is 2.67. The minimum Gasteiger partial charge on any atom is -0.480 e. The van der Waals surface area contributed by atoms with Gasteiger partial charge in [0, 0.05) is 0 Å². The molecule has 1 fully saturated rings. The van der Waals surface area contributed by atoms with Crippen LogP contribution in [-0.4, -0.2) is 28.6 Å². The van der Waals surface area contributed by atoms with Crippen LogP contribution >= 0.6 is 0 Å². The lowest BCUT2D eigenvalue weighted by molar-refractivity contribution is -0.143. The van der Waals surface area contributed by atoms with Crippen molar-refractivity contribution in [3.05, 3.63) is 0 Å². The Morgan fingerprint density at radius 2 is 2.30 bits per heavy atom. The molecule has 0 bridgehead atoms. The van der Waals surface area contributed by atoms with Crippen LogP contribution in [0.25, 0.3) is 0 Å². The van der Waals surface area contributed by atoms with Crippen molar-refractivity contribution in [2.45, 2.75) is 25.3 Å². The Balaban J connectivity index is 0.000000810. The van der Waals surface area contributed by atoms with Crippen LogP contribution in [0.3, 0.4) is 0 Å². The minimum atomic E-state index is -0.736. The zero-order chi connectivity index (χ0) is 6.91. The smallest absolute Gasteiger partial charge is 0.323 e. The first-order valence-corrected chi connectivity index (χ1v) is 3.13. The van der Waals surface area contributed by atoms with Crippen molar-refractivity contribution in [1.29, 1.82) is 0 Å². The van der Waals surface area contributed by atoms with Crippen molar-refractivity contribution in [2.75, 3.05) is 6.54 Å². The summed E-state index contributed by atoms with van der Waals surface area (Å²) in [5.41, 5.74) is -0.639. The van der Waals surface area contributed by atoms with Gasteiger partial charge in [0.05, 0.1) is 0 Å². The number of carbonyl (C=O) groups is 1. The molecule has 60 valence electrons. The van der Waals surface area contributed by atoms with Crippen LogP contribution in [0.15, 0.2) is 0 Å². The molecule has 1 atom stereocenters. The van der Waals surface area contributed by atoms with E-state index in [-0.39, 0.29) is 5.48 Å². The number of aliphatic carboxylic acids is 1. The van der Waals surface area contributed by atoms with Crippen molar-refractivity contribution < 1.29 is 15.4 Å². The van der Waals surface area contributed by atoms with Crippen molar-refractivity contribution in [3.8, 4) is 0 Å². The van der Waals surface area contributed by atoms with E-state index < -0.39 is 11.5 Å². The largest absolute Gasteiger partial charge is 0.480 e. The van der Waals surface area contributed by atoms with Gasteiger partial charge in [-0.3, -0.25) is 4.79 Å². The molecule has 1 aliphatic heterocycles. The van der Waals surface area contributed by atoms with E-state index in [0.717, 1.165) is 19.4 Å². The highest BCUT2D eigenvalue weighted by molar-refractivity contribution is 5.78. The number of hydrogen-bond donors (Lipinski definition) is 2. The zero-order valence-electron chi connectivity index (χ0n) is 5.98. The SMILES string of the molecule is C[C@@]1(C(=O)O)CCCN1.O. The van der Waals surface area contributed by atoms with Crippen LogP contribution in [0, 0.1) is 0 Å². The fraction of sp³-hybridized carbons (Fsp3) is 0.833. The van der Waals surface area contributed by atoms with Crippen LogP contribution in [0.1, 0.15) is 19.8 Å². The number of carboxylic acids is 1. The first-order chi connectivity index (χ1) is 4.15. The maximum absolute atomic E-state index is 10.5. The molecule has 4 heteroatoms. The molecule has 0 aromatic carbocycles. The third-order valence-corrected chi connectivity index (χ3v) is 1.84. The topological polar surface area (TPSA) is 80.8 Å². The van der Waals surface area contributed by atoms with Gasteiger partial charge in [0.25, 0.3) is 0 Å². The summed E-state index contributed by atoms with van der Waals surface area (Å²) in [4.78, 5) is 10.5. The highest BCUT2D eigenvalue weighted by Crippen LogP contribution is 2.17. The van der Waals surface area contributed by atoms with Crippen molar-refractivity contribution in [3.63, 3.8) is 0 Å². The van der Waals surface area contributed by atoms with Gasteiger partial charge in [0.15, 0.2) is 0 Å². The van der Waals surface area contributed by atoms with Crippen LogP contribution in [0.2, 0.25) is 0 Å². The van der Waals surface area contributed by atoms with Crippen molar-refractivity contribution in [1.82, 2.24) is 5.32 Å². The van der Waals surface area contributed by atoms with Gasteiger partial charge >= 0.3 is 5.97 Å². The molecular weight excluding hydrogens is 134 g/mol. The summed E-state index contributed by atoms with van der Waals surface area (Å²) in [7, 11) is 0. The predicted molar refractivity (Wildman–Crippen MR) is 36.9 cm³/mol. The van der Waals surface area contributed by atoms with E-state index in [2.05, 4.69) is 5.32 Å². The van der Waals surface area contributed by atoms with Gasteiger partial charge in [-0.05, 0) is 26.3 Å². The molecule has 0 aliphatic carbocycles. The molecule has 0 spiro atoms. The second-order valence-corrected chi connectivity index (χ2v) is 2.67. The quantitative estimate of drug-likeness (QED) is 0.519. The second kappa shape index (κ2) is 2.98. The highest BCUT2D eigenvalue weighted by atomic mass is 16.4. The van der Waals surface area contributed by atoms with Gasteiger partial charge in [-0.15, -0.1) is 0 Å². The summed E-state index contributed by atoms with van der Waals surface area (Å²) in [6.07, 6.45) is 1.73. The minimum absolute atomic E-state index is 0. The van der Waals surface area contributed by atoms with E-state index in [0.29, 0.717) is 0 Å². The lowest BCUT2D eigenvalue weighted by Gasteiger charge is -2.16. The Hall–Kier alpha value is -0.610. The van der Waals surface area contributed by atoms with E-state index in [1.165, 1.54) is 0 Å². The average molecular weight is 147 g/mol. The highest BCUT2D eigenvalue weighted by Gasteiger charge is 2.35. The third kappa shape index (κ3) is 1.46. The summed E-state index contributed by atoms with van der Waals surface area (Å²) in [6, 6.07) is 0. The van der Waals surface area contributed by atoms with Gasteiger partial charge in [-0.1, -0.05) is 0 Å². The van der Waals surface area contributed by atoms with Gasteiger partial charge in [-0.2, -0.15) is 0 Å². The lowest BCUT2D eigenvalue weighted by Crippen LogP contribution is -2.44. The molecule has 1 rings (SSSR count). The van der Waals surface area contributed by atoms with E-state index in [9.17, 15) is 4.79 Å². The molecule has 1 heterocycles. The molecule has 0 radical (unpaired) electrons. The fourth-order valence-corrected chi connectivity index (χ4v) is 1.08. The van der Waals surface area contributed by atoms with E-state index in [1.807, 2.05) is 0 Å². The van der Waals surface area contributed by atoms with E-state index in [4.69, 9.17) is 5.11 Å². The Labute approximate surface area is 59.5 Å². The number of nitrogens with one attached hydrogen (secondary N) is 1. The molecule has 10 heavy (non-hydrogen) atoms. The molecule has 0 aromatic heterocycles. The van der Waals surface area contributed by atoms with Crippen LogP contribution in [0.4, 0.5) is 0 Å². The first-order valence-electron chi connectivity index (χ1n) is 3.13. The standard InChI is InChI=1S/C6H11NO2.H2O/c1-6(5(8)9)3-2-4-7-6;/h7H,2-4H2,1H3,(H,8,9);1H2/t6-;/m0./s1. The van der Waals surface area contributed by atoms with Crippen LogP contribution in [-0.2, 0) is 4.79 Å². The molecule has 0 aromatic rings. The van der Waals surface area contributed by atoms with Crippen LogP contribution < -0.4 is 5.32 Å². The van der Waals surface area contributed by atoms with Gasteiger partial charge in [-0.25, -0.2) is 0 Å². The Bertz CT molecular complexity index is 129. The molecule has 1 saturated heterocycles. The summed E-state index contributed by atoms with van der Waals surface area (Å²) >= 11 is 0. The van der Waals surface area contributed by atoms with Crippen molar-refractivity contribution in [2.24, 2.45) is 0 Å². The first kappa shape index (κ1) is 9.39. The zero-order valence-corrected chi connectivity index (χ0v) is 5.98. The lowest BCUT2D eigenvalue weighted by atomic mass is 10.0. The maximum Gasteiger partial charge on any atom is 0.323 e. The van der Waals surface area contributed by atoms with E-state index in [1.54, 1.807) is 6.92 Å². The molecule has 4 nitrogen and oxygen atoms in total. The van der Waals surface area contributed by atoms with Gasteiger partial charge in [0.2, 0.25) is 0 Å². The number of rotatable bonds is 1. The molecule has 1 aliphatic rings. The Kier molecular flexibility index (Phi) is 2.80. The Morgan fingerprint density at radius 1 is 1.70 bits per heavy atom. The monoisotopic (exact) mass is 147 g/mol.